The molecule has 13 rings (SSSR count). The smallest absolute Gasteiger partial charge is 0.0547 e. The fraction of sp³-hybridized carbons (Fsp3) is 0. The summed E-state index contributed by atoms with van der Waals surface area (Å²) in [5.41, 5.74) is 18.9. The zero-order chi connectivity index (χ0) is 45.7. The minimum absolute atomic E-state index is 1.09. The van der Waals surface area contributed by atoms with Crippen molar-refractivity contribution in [2.24, 2.45) is 0 Å². The molecule has 0 radical (unpaired) electrons. The van der Waals surface area contributed by atoms with E-state index >= 15 is 0 Å². The Morgan fingerprint density at radius 3 is 1.46 bits per heavy atom. The Bertz CT molecular complexity index is 3980. The van der Waals surface area contributed by atoms with E-state index in [1.54, 1.807) is 0 Å². The van der Waals surface area contributed by atoms with Gasteiger partial charge in [0.05, 0.1) is 11.0 Å². The quantitative estimate of drug-likeness (QED) is 0.140. The van der Waals surface area contributed by atoms with Gasteiger partial charge in [0.25, 0.3) is 0 Å². The van der Waals surface area contributed by atoms with Gasteiger partial charge in [-0.3, -0.25) is 0 Å². The maximum Gasteiger partial charge on any atom is 0.0547 e. The number of anilines is 3. The number of hydrogen-bond donors (Lipinski definition) is 0. The minimum Gasteiger partial charge on any atom is -0.310 e. The van der Waals surface area contributed by atoms with Crippen LogP contribution in [0.1, 0.15) is 0 Å². The number of aromatic nitrogens is 1. The van der Waals surface area contributed by atoms with Crippen LogP contribution >= 0.6 is 11.3 Å². The summed E-state index contributed by atoms with van der Waals surface area (Å²) in [6.45, 7) is 0. The summed E-state index contributed by atoms with van der Waals surface area (Å²) >= 11 is 1.87. The first-order valence-electron chi connectivity index (χ1n) is 23.6. The van der Waals surface area contributed by atoms with Crippen molar-refractivity contribution in [2.45, 2.75) is 0 Å². The third kappa shape index (κ3) is 7.37. The maximum atomic E-state index is 2.39. The SMILES string of the molecule is c1ccc(-c2cccc(-c3ccc(N(c4ccc(-c5ccc(-c6ccc7c8ccccc8n(-c8ccccc8)c7c6)cc5)cc4)c4cccc(-c5cccc6c5sc5ccccc56)c4)cc3)c2)cc1. The molecule has 0 fully saturated rings. The first-order chi connectivity index (χ1) is 34.2. The number of hydrogen-bond acceptors (Lipinski definition) is 2. The summed E-state index contributed by atoms with van der Waals surface area (Å²) in [7, 11) is 0. The molecule has 324 valence electrons. The third-order valence-electron chi connectivity index (χ3n) is 13.6. The van der Waals surface area contributed by atoms with E-state index in [1.807, 2.05) is 11.3 Å². The van der Waals surface area contributed by atoms with Crippen LogP contribution in [0.25, 0.3) is 103 Å². The number of fused-ring (bicyclic) bond motifs is 6. The molecular formula is C66H44N2S. The summed E-state index contributed by atoms with van der Waals surface area (Å²) in [6.07, 6.45) is 0. The summed E-state index contributed by atoms with van der Waals surface area (Å²) in [6, 6.07) is 97.2. The molecule has 0 aliphatic rings. The van der Waals surface area contributed by atoms with Crippen molar-refractivity contribution in [1.82, 2.24) is 4.57 Å². The number of para-hydroxylation sites is 2. The Labute approximate surface area is 405 Å². The number of nitrogens with zero attached hydrogens (tertiary/aromatic N) is 2. The van der Waals surface area contributed by atoms with Crippen molar-refractivity contribution >= 4 is 70.4 Å². The van der Waals surface area contributed by atoms with E-state index in [0.29, 0.717) is 0 Å². The van der Waals surface area contributed by atoms with Gasteiger partial charge >= 0.3 is 0 Å². The van der Waals surface area contributed by atoms with Crippen molar-refractivity contribution in [3.05, 3.63) is 267 Å². The van der Waals surface area contributed by atoms with Crippen LogP contribution in [0.15, 0.2) is 267 Å². The van der Waals surface area contributed by atoms with Gasteiger partial charge < -0.3 is 9.47 Å². The Balaban J connectivity index is 0.853. The van der Waals surface area contributed by atoms with Gasteiger partial charge in [-0.25, -0.2) is 0 Å². The minimum atomic E-state index is 1.09. The van der Waals surface area contributed by atoms with Crippen molar-refractivity contribution in [2.75, 3.05) is 4.90 Å². The zero-order valence-corrected chi connectivity index (χ0v) is 38.5. The molecule has 2 heterocycles. The molecule has 0 amide bonds. The molecule has 11 aromatic carbocycles. The molecule has 0 bridgehead atoms. The maximum absolute atomic E-state index is 2.39. The standard InChI is InChI=1S/C66H44N2S/c1-3-14-45(15-4-1)50-16-11-17-51(42-50)49-34-39-56(40-35-49)67(57-21-12-18-53(43-57)58-24-13-25-62-61-23-8-10-27-65(61)69-66(58)62)55-37-32-47(33-38-55)46-28-30-48(31-29-46)52-36-41-60-59-22-7-9-26-63(59)68(64(60)44-52)54-19-5-2-6-20-54/h1-44H. The lowest BCUT2D eigenvalue weighted by Crippen LogP contribution is -2.10. The van der Waals surface area contributed by atoms with E-state index in [9.17, 15) is 0 Å². The average Bonchev–Trinajstić information content (AvgIpc) is 3.98. The van der Waals surface area contributed by atoms with E-state index in [-0.39, 0.29) is 0 Å². The summed E-state index contributed by atoms with van der Waals surface area (Å²) < 4.78 is 5.01. The Hall–Kier alpha value is -8.76. The molecule has 0 unspecified atom stereocenters. The predicted octanol–water partition coefficient (Wildman–Crippen LogP) is 19.0. The molecule has 69 heavy (non-hydrogen) atoms. The Kier molecular flexibility index (Phi) is 10.1. The van der Waals surface area contributed by atoms with Crippen LogP contribution in [-0.2, 0) is 0 Å². The lowest BCUT2D eigenvalue weighted by molar-refractivity contribution is 1.18. The zero-order valence-electron chi connectivity index (χ0n) is 37.7. The average molecular weight is 897 g/mol. The fourth-order valence-electron chi connectivity index (χ4n) is 10.2. The third-order valence-corrected chi connectivity index (χ3v) is 14.8. The number of rotatable bonds is 9. The molecule has 3 heteroatoms. The Morgan fingerprint density at radius 2 is 0.754 bits per heavy atom. The molecule has 0 saturated heterocycles. The first kappa shape index (κ1) is 40.5. The fourth-order valence-corrected chi connectivity index (χ4v) is 11.4. The van der Waals surface area contributed by atoms with Gasteiger partial charge in [0.2, 0.25) is 0 Å². The molecule has 0 N–H and O–H groups in total. The lowest BCUT2D eigenvalue weighted by atomic mass is 9.98. The Morgan fingerprint density at radius 1 is 0.275 bits per heavy atom. The molecule has 0 atom stereocenters. The molecule has 2 aromatic heterocycles. The second-order valence-electron chi connectivity index (χ2n) is 17.7. The molecule has 0 aliphatic carbocycles. The van der Waals surface area contributed by atoms with Gasteiger partial charge in [-0.05, 0) is 128 Å². The molecule has 0 spiro atoms. The summed E-state index contributed by atoms with van der Waals surface area (Å²) in [4.78, 5) is 2.39. The van der Waals surface area contributed by atoms with Crippen LogP contribution in [0.3, 0.4) is 0 Å². The van der Waals surface area contributed by atoms with Crippen molar-refractivity contribution in [3.8, 4) is 61.3 Å². The highest BCUT2D eigenvalue weighted by molar-refractivity contribution is 7.26. The number of benzene rings is 11. The van der Waals surface area contributed by atoms with Gasteiger partial charge in [-0.1, -0.05) is 194 Å². The second-order valence-corrected chi connectivity index (χ2v) is 18.8. The van der Waals surface area contributed by atoms with E-state index in [4.69, 9.17) is 0 Å². The van der Waals surface area contributed by atoms with Crippen LogP contribution in [-0.4, -0.2) is 4.57 Å². The largest absolute Gasteiger partial charge is 0.310 e. The molecule has 0 aliphatic heterocycles. The lowest BCUT2D eigenvalue weighted by Gasteiger charge is -2.26. The molecule has 13 aromatic rings. The molecule has 2 nitrogen and oxygen atoms in total. The van der Waals surface area contributed by atoms with E-state index in [2.05, 4.69) is 276 Å². The summed E-state index contributed by atoms with van der Waals surface area (Å²) in [5, 5.41) is 5.14. The van der Waals surface area contributed by atoms with Crippen LogP contribution in [0.4, 0.5) is 17.1 Å². The second kappa shape index (κ2) is 17.2. The summed E-state index contributed by atoms with van der Waals surface area (Å²) in [5.74, 6) is 0. The molecular weight excluding hydrogens is 853 g/mol. The van der Waals surface area contributed by atoms with E-state index < -0.39 is 0 Å². The van der Waals surface area contributed by atoms with Crippen LogP contribution in [0.2, 0.25) is 0 Å². The first-order valence-corrected chi connectivity index (χ1v) is 24.4. The predicted molar refractivity (Wildman–Crippen MR) is 296 cm³/mol. The highest BCUT2D eigenvalue weighted by atomic mass is 32.1. The van der Waals surface area contributed by atoms with Gasteiger partial charge in [0.1, 0.15) is 0 Å². The molecule has 0 saturated carbocycles. The highest BCUT2D eigenvalue weighted by Crippen LogP contribution is 2.43. The van der Waals surface area contributed by atoms with Gasteiger partial charge in [-0.15, -0.1) is 11.3 Å². The van der Waals surface area contributed by atoms with Gasteiger partial charge in [0, 0.05) is 53.7 Å². The van der Waals surface area contributed by atoms with Gasteiger partial charge in [0.15, 0.2) is 0 Å². The van der Waals surface area contributed by atoms with Gasteiger partial charge in [-0.2, -0.15) is 0 Å². The van der Waals surface area contributed by atoms with Crippen LogP contribution in [0, 0.1) is 0 Å². The normalized spacial score (nSPS) is 11.5. The number of thiophene rings is 1. The van der Waals surface area contributed by atoms with Crippen molar-refractivity contribution in [1.29, 1.82) is 0 Å². The van der Waals surface area contributed by atoms with Crippen LogP contribution in [0.5, 0.6) is 0 Å². The van der Waals surface area contributed by atoms with Crippen molar-refractivity contribution in [3.63, 3.8) is 0 Å². The topological polar surface area (TPSA) is 8.17 Å². The van der Waals surface area contributed by atoms with Crippen molar-refractivity contribution < 1.29 is 0 Å². The highest BCUT2D eigenvalue weighted by Gasteiger charge is 2.18. The van der Waals surface area contributed by atoms with Crippen LogP contribution < -0.4 is 4.90 Å². The van der Waals surface area contributed by atoms with E-state index in [1.165, 1.54) is 97.6 Å². The monoisotopic (exact) mass is 896 g/mol. The van der Waals surface area contributed by atoms with E-state index in [0.717, 1.165) is 22.7 Å².